The zero-order valence-corrected chi connectivity index (χ0v) is 17.0. The second-order valence-electron chi connectivity index (χ2n) is 7.81. The van der Waals surface area contributed by atoms with Gasteiger partial charge in [0.1, 0.15) is 29.2 Å². The predicted molar refractivity (Wildman–Crippen MR) is 106 cm³/mol. The molecule has 1 aromatic heterocycles. The third-order valence-corrected chi connectivity index (χ3v) is 5.24. The first-order valence-corrected chi connectivity index (χ1v) is 9.53. The average molecular weight is 388 g/mol. The Morgan fingerprint density at radius 2 is 1.86 bits per heavy atom. The van der Waals surface area contributed by atoms with Crippen molar-refractivity contribution in [1.82, 2.24) is 9.97 Å². The lowest BCUT2D eigenvalue weighted by Gasteiger charge is -2.39. The van der Waals surface area contributed by atoms with Crippen molar-refractivity contribution in [2.75, 3.05) is 23.4 Å². The first-order valence-electron chi connectivity index (χ1n) is 9.53. The number of anilines is 2. The zero-order valence-electron chi connectivity index (χ0n) is 17.0. The van der Waals surface area contributed by atoms with Crippen LogP contribution in [0.4, 0.5) is 20.3 Å². The molecule has 2 aromatic rings. The summed E-state index contributed by atoms with van der Waals surface area (Å²) >= 11 is 0. The summed E-state index contributed by atoms with van der Waals surface area (Å²) in [7, 11) is 1.71. The van der Waals surface area contributed by atoms with Crippen LogP contribution in [0.15, 0.2) is 18.3 Å². The highest BCUT2D eigenvalue weighted by Gasteiger charge is 2.35. The minimum Gasteiger partial charge on any atom is -0.343 e. The van der Waals surface area contributed by atoms with E-state index in [-0.39, 0.29) is 23.9 Å². The molecule has 0 saturated carbocycles. The van der Waals surface area contributed by atoms with Crippen LogP contribution in [0.1, 0.15) is 44.1 Å². The monoisotopic (exact) mass is 388 g/mol. The molecular weight excluding hydrogens is 362 g/mol. The Balaban J connectivity index is 1.96. The number of hydrogen-bond acceptors (Lipinski definition) is 4. The van der Waals surface area contributed by atoms with E-state index in [1.165, 1.54) is 19.1 Å². The van der Waals surface area contributed by atoms with Crippen LogP contribution in [-0.2, 0) is 11.2 Å². The topological polar surface area (TPSA) is 49.3 Å². The van der Waals surface area contributed by atoms with E-state index in [1.807, 2.05) is 11.8 Å². The summed E-state index contributed by atoms with van der Waals surface area (Å²) in [6.45, 7) is 8.25. The maximum atomic E-state index is 13.9. The van der Waals surface area contributed by atoms with E-state index in [0.29, 0.717) is 35.4 Å². The highest BCUT2D eigenvalue weighted by molar-refractivity contribution is 6.03. The summed E-state index contributed by atoms with van der Waals surface area (Å²) in [5, 5.41) is 0. The summed E-state index contributed by atoms with van der Waals surface area (Å²) in [5.41, 5.74) is 1.13. The molecule has 0 aliphatic carbocycles. The summed E-state index contributed by atoms with van der Waals surface area (Å²) in [5.74, 6) is 0.482. The summed E-state index contributed by atoms with van der Waals surface area (Å²) in [4.78, 5) is 25.1. The third kappa shape index (κ3) is 3.84. The normalized spacial score (nSPS) is 16.7. The Morgan fingerprint density at radius 1 is 1.21 bits per heavy atom. The zero-order chi connectivity index (χ0) is 20.6. The van der Waals surface area contributed by atoms with Gasteiger partial charge in [0, 0.05) is 25.6 Å². The number of aromatic nitrogens is 2. The van der Waals surface area contributed by atoms with Gasteiger partial charge in [-0.1, -0.05) is 13.8 Å². The molecule has 0 N–H and O–H groups in total. The van der Waals surface area contributed by atoms with Crippen LogP contribution in [0.5, 0.6) is 0 Å². The van der Waals surface area contributed by atoms with Crippen LogP contribution in [-0.4, -0.2) is 35.5 Å². The van der Waals surface area contributed by atoms with Gasteiger partial charge in [0.05, 0.1) is 6.20 Å². The molecule has 2 heterocycles. The van der Waals surface area contributed by atoms with Crippen molar-refractivity contribution < 1.29 is 13.6 Å². The Hall–Kier alpha value is -2.57. The van der Waals surface area contributed by atoms with E-state index >= 15 is 0 Å². The summed E-state index contributed by atoms with van der Waals surface area (Å²) in [6, 6.07) is 2.31. The number of likely N-dealkylation sites (N-methyl/N-ethyl adjacent to an activating group) is 1. The molecule has 7 heteroatoms. The van der Waals surface area contributed by atoms with Crippen molar-refractivity contribution >= 4 is 17.4 Å². The highest BCUT2D eigenvalue weighted by Crippen LogP contribution is 2.33. The Labute approximate surface area is 164 Å². The minimum atomic E-state index is -0.578. The van der Waals surface area contributed by atoms with Gasteiger partial charge in [-0.15, -0.1) is 0 Å². The number of fused-ring (bicyclic) bond motifs is 1. The number of carbonyl (C=O) groups excluding carboxylic acids is 1. The molecule has 1 amide bonds. The van der Waals surface area contributed by atoms with Gasteiger partial charge >= 0.3 is 0 Å². The van der Waals surface area contributed by atoms with Gasteiger partial charge < -0.3 is 9.80 Å². The van der Waals surface area contributed by atoms with Crippen molar-refractivity contribution in [2.45, 2.75) is 46.6 Å². The van der Waals surface area contributed by atoms with Crippen LogP contribution in [0.2, 0.25) is 0 Å². The standard InChI is InChI=1S/C21H26F2N4O/c1-12(2)6-7-27-14(4)21(28)26(5)18-11-24-19(25-20(18)27)10-15-8-16(22)13(3)17(23)9-15/h8-9,11-12,14H,6-7,10H2,1-5H3. The maximum Gasteiger partial charge on any atom is 0.249 e. The van der Waals surface area contributed by atoms with E-state index in [2.05, 4.69) is 23.8 Å². The SMILES string of the molecule is Cc1c(F)cc(Cc2ncc3c(n2)N(CCC(C)C)C(C)C(=O)N3C)cc1F. The van der Waals surface area contributed by atoms with E-state index < -0.39 is 11.6 Å². The first kappa shape index (κ1) is 20.2. The van der Waals surface area contributed by atoms with Crippen LogP contribution in [0.25, 0.3) is 0 Å². The molecule has 28 heavy (non-hydrogen) atoms. The molecule has 5 nitrogen and oxygen atoms in total. The van der Waals surface area contributed by atoms with Gasteiger partial charge in [-0.05, 0) is 43.9 Å². The molecule has 0 bridgehead atoms. The number of benzene rings is 1. The molecule has 0 saturated heterocycles. The van der Waals surface area contributed by atoms with Crippen LogP contribution in [0, 0.1) is 24.5 Å². The number of hydrogen-bond donors (Lipinski definition) is 0. The number of halogens is 2. The second kappa shape index (κ2) is 7.81. The molecule has 0 spiro atoms. The third-order valence-electron chi connectivity index (χ3n) is 5.24. The highest BCUT2D eigenvalue weighted by atomic mass is 19.1. The molecular formula is C21H26F2N4O. The van der Waals surface area contributed by atoms with Gasteiger partial charge in [-0.3, -0.25) is 4.79 Å². The van der Waals surface area contributed by atoms with Crippen LogP contribution in [0.3, 0.4) is 0 Å². The Bertz CT molecular complexity index is 877. The van der Waals surface area contributed by atoms with E-state index in [9.17, 15) is 13.6 Å². The summed E-state index contributed by atoms with van der Waals surface area (Å²) in [6.07, 6.45) is 2.75. The molecule has 1 unspecified atom stereocenters. The van der Waals surface area contributed by atoms with Gasteiger partial charge in [0.25, 0.3) is 0 Å². The van der Waals surface area contributed by atoms with Crippen molar-refractivity contribution in [3.63, 3.8) is 0 Å². The molecule has 1 atom stereocenters. The summed E-state index contributed by atoms with van der Waals surface area (Å²) < 4.78 is 27.7. The fraction of sp³-hybridized carbons (Fsp3) is 0.476. The largest absolute Gasteiger partial charge is 0.343 e. The lowest BCUT2D eigenvalue weighted by molar-refractivity contribution is -0.119. The fourth-order valence-electron chi connectivity index (χ4n) is 3.33. The second-order valence-corrected chi connectivity index (χ2v) is 7.81. The first-order chi connectivity index (χ1) is 13.2. The Morgan fingerprint density at radius 3 is 2.46 bits per heavy atom. The molecule has 1 aliphatic heterocycles. The van der Waals surface area contributed by atoms with Gasteiger partial charge in [-0.25, -0.2) is 18.7 Å². The quantitative estimate of drug-likeness (QED) is 0.780. The van der Waals surface area contributed by atoms with E-state index in [0.717, 1.165) is 6.42 Å². The van der Waals surface area contributed by atoms with Crippen molar-refractivity contribution in [3.8, 4) is 0 Å². The fourth-order valence-corrected chi connectivity index (χ4v) is 3.33. The Kier molecular flexibility index (Phi) is 5.63. The molecule has 3 rings (SSSR count). The van der Waals surface area contributed by atoms with Crippen molar-refractivity contribution in [2.24, 2.45) is 5.92 Å². The van der Waals surface area contributed by atoms with Crippen molar-refractivity contribution in [1.29, 1.82) is 0 Å². The lowest BCUT2D eigenvalue weighted by Crippen LogP contribution is -2.51. The number of amides is 1. The van der Waals surface area contributed by atoms with Gasteiger partial charge in [0.15, 0.2) is 5.82 Å². The maximum absolute atomic E-state index is 13.9. The van der Waals surface area contributed by atoms with E-state index in [4.69, 9.17) is 0 Å². The molecule has 0 radical (unpaired) electrons. The van der Waals surface area contributed by atoms with Crippen LogP contribution >= 0.6 is 0 Å². The number of nitrogens with zero attached hydrogens (tertiary/aromatic N) is 4. The predicted octanol–water partition coefficient (Wildman–Crippen LogP) is 3.87. The molecule has 1 aromatic carbocycles. The van der Waals surface area contributed by atoms with Gasteiger partial charge in [0.2, 0.25) is 5.91 Å². The molecule has 0 fully saturated rings. The molecule has 1 aliphatic rings. The molecule has 150 valence electrons. The smallest absolute Gasteiger partial charge is 0.249 e. The average Bonchev–Trinajstić information content (AvgIpc) is 2.64. The van der Waals surface area contributed by atoms with Crippen LogP contribution < -0.4 is 9.80 Å². The number of rotatable bonds is 5. The van der Waals surface area contributed by atoms with Gasteiger partial charge in [-0.2, -0.15) is 0 Å². The number of carbonyl (C=O) groups is 1. The lowest BCUT2D eigenvalue weighted by atomic mass is 10.1. The van der Waals surface area contributed by atoms with Crippen molar-refractivity contribution in [3.05, 3.63) is 46.9 Å². The van der Waals surface area contributed by atoms with E-state index in [1.54, 1.807) is 18.1 Å². The minimum absolute atomic E-state index is 0.00364.